The van der Waals surface area contributed by atoms with Crippen LogP contribution in [0.3, 0.4) is 0 Å². The first-order valence-corrected chi connectivity index (χ1v) is 11.2. The molecule has 0 fully saturated rings. The second-order valence-electron chi connectivity index (χ2n) is 8.17. The highest BCUT2D eigenvalue weighted by molar-refractivity contribution is 5.71. The number of aryl methyl sites for hydroxylation is 4. The average Bonchev–Trinajstić information content (AvgIpc) is 3.41. The number of aromatic nitrogens is 5. The molecule has 0 atom stereocenters. The fourth-order valence-corrected chi connectivity index (χ4v) is 3.65. The maximum absolute atomic E-state index is 12.3. The number of hydrogen-bond donors (Lipinski definition) is 1. The summed E-state index contributed by atoms with van der Waals surface area (Å²) in [5.41, 5.74) is 1.61. The van der Waals surface area contributed by atoms with Gasteiger partial charge in [0, 0.05) is 25.6 Å². The number of hydrogen-bond acceptors (Lipinski definition) is 7. The van der Waals surface area contributed by atoms with Crippen molar-refractivity contribution in [2.75, 3.05) is 0 Å². The third-order valence-corrected chi connectivity index (χ3v) is 5.64. The van der Waals surface area contributed by atoms with Gasteiger partial charge in [-0.2, -0.15) is 0 Å². The van der Waals surface area contributed by atoms with E-state index >= 15 is 0 Å². The zero-order valence-electron chi connectivity index (χ0n) is 19.5. The van der Waals surface area contributed by atoms with Gasteiger partial charge in [-0.25, -0.2) is 14.8 Å². The van der Waals surface area contributed by atoms with Gasteiger partial charge in [-0.3, -0.25) is 19.1 Å². The minimum absolute atomic E-state index is 0.0829. The Morgan fingerprint density at radius 3 is 2.71 bits per heavy atom. The molecule has 34 heavy (non-hydrogen) atoms. The van der Waals surface area contributed by atoms with Crippen LogP contribution in [0, 0.1) is 6.92 Å². The summed E-state index contributed by atoms with van der Waals surface area (Å²) in [5.74, 6) is 1.02. The molecule has 178 valence electrons. The summed E-state index contributed by atoms with van der Waals surface area (Å²) in [6, 6.07) is 7.90. The van der Waals surface area contributed by atoms with Gasteiger partial charge in [0.25, 0.3) is 5.56 Å². The van der Waals surface area contributed by atoms with Crippen LogP contribution in [-0.4, -0.2) is 30.1 Å². The fraction of sp³-hybridized carbons (Fsp3) is 0.375. The highest BCUT2D eigenvalue weighted by Gasteiger charge is 2.18. The number of nitrogens with zero attached hydrogens (tertiary/aromatic N) is 4. The lowest BCUT2D eigenvalue weighted by Crippen LogP contribution is -2.31. The number of carbonyl (C=O) groups is 1. The minimum atomic E-state index is -0.520. The lowest BCUT2D eigenvalue weighted by molar-refractivity contribution is -0.145. The molecule has 0 amide bonds. The number of unbranched alkanes of at least 4 members (excludes halogenated alkanes) is 1. The summed E-state index contributed by atoms with van der Waals surface area (Å²) >= 11 is 0. The molecule has 3 heterocycles. The van der Waals surface area contributed by atoms with E-state index in [0.717, 1.165) is 24.0 Å². The monoisotopic (exact) mass is 465 g/mol. The van der Waals surface area contributed by atoms with E-state index in [2.05, 4.69) is 15.0 Å². The first-order chi connectivity index (χ1) is 16.4. The number of oxazole rings is 1. The van der Waals surface area contributed by atoms with Crippen molar-refractivity contribution >= 4 is 17.1 Å². The molecule has 10 nitrogen and oxygen atoms in total. The maximum Gasteiger partial charge on any atom is 0.330 e. The number of nitrogens with one attached hydrogen (secondary N) is 1. The normalized spacial score (nSPS) is 11.3. The molecule has 0 spiro atoms. The van der Waals surface area contributed by atoms with Gasteiger partial charge in [0.15, 0.2) is 22.8 Å². The van der Waals surface area contributed by atoms with Gasteiger partial charge < -0.3 is 13.7 Å². The van der Waals surface area contributed by atoms with Crippen LogP contribution in [-0.2, 0) is 36.2 Å². The van der Waals surface area contributed by atoms with Crippen molar-refractivity contribution in [3.63, 3.8) is 0 Å². The van der Waals surface area contributed by atoms with Crippen molar-refractivity contribution in [2.45, 2.75) is 52.7 Å². The Hall–Kier alpha value is -3.95. The smallest absolute Gasteiger partial charge is 0.330 e. The highest BCUT2D eigenvalue weighted by Crippen LogP contribution is 2.21. The molecule has 4 rings (SSSR count). The molecule has 0 aliphatic rings. The molecule has 0 saturated heterocycles. The van der Waals surface area contributed by atoms with Crippen LogP contribution in [0.2, 0.25) is 0 Å². The molecule has 0 radical (unpaired) electrons. The quantitative estimate of drug-likeness (QED) is 0.377. The molecule has 0 aliphatic heterocycles. The minimum Gasteiger partial charge on any atom is -0.457 e. The van der Waals surface area contributed by atoms with Gasteiger partial charge in [0.2, 0.25) is 0 Å². The van der Waals surface area contributed by atoms with Crippen molar-refractivity contribution in [1.82, 2.24) is 24.1 Å². The topological polar surface area (TPSA) is 125 Å². The summed E-state index contributed by atoms with van der Waals surface area (Å²) < 4.78 is 14.1. The SMILES string of the molecule is CCCCn1c(=O)[nH]c(=O)c2c1nc(COC(=O)CCc1ncc(-c3ccc(C)cc3)o1)n2C. The molecule has 1 aromatic carbocycles. The lowest BCUT2D eigenvalue weighted by Gasteiger charge is -2.05. The van der Waals surface area contributed by atoms with Crippen LogP contribution in [0.4, 0.5) is 0 Å². The number of rotatable bonds is 9. The first-order valence-electron chi connectivity index (χ1n) is 11.2. The molecule has 4 aromatic rings. The number of ether oxygens (including phenoxy) is 1. The molecule has 3 aromatic heterocycles. The van der Waals surface area contributed by atoms with E-state index in [4.69, 9.17) is 9.15 Å². The number of benzene rings is 1. The Kier molecular flexibility index (Phi) is 6.76. The summed E-state index contributed by atoms with van der Waals surface area (Å²) in [5, 5.41) is 0. The largest absolute Gasteiger partial charge is 0.457 e. The summed E-state index contributed by atoms with van der Waals surface area (Å²) in [4.78, 5) is 47.9. The van der Waals surface area contributed by atoms with Crippen molar-refractivity contribution in [3.8, 4) is 11.3 Å². The van der Waals surface area contributed by atoms with Crippen LogP contribution >= 0.6 is 0 Å². The summed E-state index contributed by atoms with van der Waals surface area (Å²) in [7, 11) is 1.65. The van der Waals surface area contributed by atoms with Gasteiger partial charge >= 0.3 is 11.7 Å². The molecule has 0 unspecified atom stereocenters. The first kappa shape index (κ1) is 23.2. The molecule has 0 aliphatic carbocycles. The molecule has 1 N–H and O–H groups in total. The second-order valence-corrected chi connectivity index (χ2v) is 8.17. The van der Waals surface area contributed by atoms with Crippen LogP contribution in [0.25, 0.3) is 22.5 Å². The van der Waals surface area contributed by atoms with Crippen LogP contribution in [0.5, 0.6) is 0 Å². The van der Waals surface area contributed by atoms with Gasteiger partial charge in [0.1, 0.15) is 12.4 Å². The summed E-state index contributed by atoms with van der Waals surface area (Å²) in [6.45, 7) is 4.35. The van der Waals surface area contributed by atoms with Crippen LogP contribution in [0.1, 0.15) is 43.5 Å². The van der Waals surface area contributed by atoms with Crippen molar-refractivity contribution in [1.29, 1.82) is 0 Å². The van der Waals surface area contributed by atoms with Gasteiger partial charge in [-0.15, -0.1) is 0 Å². The van der Waals surface area contributed by atoms with Gasteiger partial charge in [0.05, 0.1) is 12.6 Å². The van der Waals surface area contributed by atoms with Crippen molar-refractivity contribution in [2.24, 2.45) is 7.05 Å². The molecule has 10 heteroatoms. The average molecular weight is 466 g/mol. The van der Waals surface area contributed by atoms with Crippen LogP contribution in [0.15, 0.2) is 44.5 Å². The Bertz CT molecular complexity index is 1420. The number of imidazole rings is 1. The molecular weight excluding hydrogens is 438 g/mol. The van der Waals surface area contributed by atoms with Crippen LogP contribution < -0.4 is 11.2 Å². The van der Waals surface area contributed by atoms with E-state index in [-0.39, 0.29) is 18.5 Å². The zero-order chi connectivity index (χ0) is 24.2. The van der Waals surface area contributed by atoms with E-state index in [1.54, 1.807) is 17.8 Å². The highest BCUT2D eigenvalue weighted by atomic mass is 16.5. The van der Waals surface area contributed by atoms with E-state index in [1.807, 2.05) is 38.1 Å². The Morgan fingerprint density at radius 1 is 1.21 bits per heavy atom. The zero-order valence-corrected chi connectivity index (χ0v) is 19.5. The number of H-pyrrole nitrogens is 1. The maximum atomic E-state index is 12.3. The summed E-state index contributed by atoms with van der Waals surface area (Å²) in [6.07, 6.45) is 3.68. The number of aromatic amines is 1. The third kappa shape index (κ3) is 4.85. The van der Waals surface area contributed by atoms with Crippen molar-refractivity contribution < 1.29 is 13.9 Å². The molecular formula is C24H27N5O5. The lowest BCUT2D eigenvalue weighted by atomic mass is 10.1. The third-order valence-electron chi connectivity index (χ3n) is 5.64. The molecule has 0 bridgehead atoms. The number of esters is 1. The standard InChI is InChI=1S/C24H27N5O5/c1-4-5-12-29-22-21(23(31)27-24(29)32)28(3)18(26-22)14-33-20(30)11-10-19-25-13-17(34-19)16-8-6-15(2)7-9-16/h6-9,13H,4-5,10-12,14H2,1-3H3,(H,27,31,32). The van der Waals surface area contributed by atoms with E-state index < -0.39 is 17.2 Å². The number of carbonyl (C=O) groups excluding carboxylic acids is 1. The van der Waals surface area contributed by atoms with Gasteiger partial charge in [-0.05, 0) is 13.3 Å². The van der Waals surface area contributed by atoms with E-state index in [0.29, 0.717) is 36.1 Å². The second kappa shape index (κ2) is 9.90. The fourth-order valence-electron chi connectivity index (χ4n) is 3.65. The Morgan fingerprint density at radius 2 is 1.97 bits per heavy atom. The Balaban J connectivity index is 1.40. The Labute approximate surface area is 195 Å². The van der Waals surface area contributed by atoms with Gasteiger partial charge in [-0.1, -0.05) is 43.2 Å². The number of fused-ring (bicyclic) bond motifs is 1. The van der Waals surface area contributed by atoms with Crippen molar-refractivity contribution in [3.05, 3.63) is 68.6 Å². The van der Waals surface area contributed by atoms with E-state index in [9.17, 15) is 14.4 Å². The predicted octanol–water partition coefficient (Wildman–Crippen LogP) is 2.86. The predicted molar refractivity (Wildman–Crippen MR) is 125 cm³/mol. The van der Waals surface area contributed by atoms with E-state index in [1.165, 1.54) is 4.57 Å². The molecule has 0 saturated carbocycles.